The molecule has 0 unspecified atom stereocenters. The highest BCUT2D eigenvalue weighted by Gasteiger charge is 2.18. The highest BCUT2D eigenvalue weighted by Crippen LogP contribution is 2.05. The van der Waals surface area contributed by atoms with Crippen LogP contribution in [0.2, 0.25) is 0 Å². The maximum Gasteiger partial charge on any atom is 0.130 e. The van der Waals surface area contributed by atoms with Crippen LogP contribution in [0.5, 0.6) is 0 Å². The molecule has 0 radical (unpaired) electrons. The number of hydrogen-bond donors (Lipinski definition) is 0. The predicted molar refractivity (Wildman–Crippen MR) is 113 cm³/mol. The highest BCUT2D eigenvalue weighted by atomic mass is 16.7. The molecule has 0 rings (SSSR count). The standard InChI is InChI=1S/C21H35N3O3/c1-7-13-22(14-8-2)25-19-21(27-24(17-11-5)18-12-6)20-26-23(15-9-3)16-10-4/h7-12,21H,1-6,13-20H2. The molecule has 0 saturated heterocycles. The Balaban J connectivity index is 4.92. The van der Waals surface area contributed by atoms with E-state index in [1.807, 2.05) is 0 Å². The van der Waals surface area contributed by atoms with Crippen LogP contribution in [0.1, 0.15) is 0 Å². The average molecular weight is 378 g/mol. The van der Waals surface area contributed by atoms with E-state index < -0.39 is 0 Å². The molecule has 27 heavy (non-hydrogen) atoms. The summed E-state index contributed by atoms with van der Waals surface area (Å²) in [4.78, 5) is 17.7. The van der Waals surface area contributed by atoms with E-state index in [1.165, 1.54) is 0 Å². The molecule has 0 fully saturated rings. The summed E-state index contributed by atoms with van der Waals surface area (Å²) in [5.74, 6) is 0. The summed E-state index contributed by atoms with van der Waals surface area (Å²) < 4.78 is 0. The molecule has 0 aliphatic heterocycles. The summed E-state index contributed by atoms with van der Waals surface area (Å²) in [6, 6.07) is 0. The minimum absolute atomic E-state index is 0.308. The maximum atomic E-state index is 6.03. The summed E-state index contributed by atoms with van der Waals surface area (Å²) in [6.07, 6.45) is 10.3. The molecule has 0 atom stereocenters. The molecule has 0 heterocycles. The van der Waals surface area contributed by atoms with Crippen LogP contribution < -0.4 is 0 Å². The van der Waals surface area contributed by atoms with Crippen molar-refractivity contribution < 1.29 is 14.5 Å². The van der Waals surface area contributed by atoms with Gasteiger partial charge in [0, 0.05) is 39.3 Å². The van der Waals surface area contributed by atoms with Gasteiger partial charge >= 0.3 is 0 Å². The first-order valence-electron chi connectivity index (χ1n) is 8.97. The van der Waals surface area contributed by atoms with Crippen molar-refractivity contribution in [3.63, 3.8) is 0 Å². The van der Waals surface area contributed by atoms with Gasteiger partial charge < -0.3 is 0 Å². The molecule has 0 aromatic carbocycles. The van der Waals surface area contributed by atoms with Crippen LogP contribution >= 0.6 is 0 Å². The van der Waals surface area contributed by atoms with Crippen LogP contribution in [0.25, 0.3) is 0 Å². The van der Waals surface area contributed by atoms with Crippen molar-refractivity contribution in [2.45, 2.75) is 6.10 Å². The van der Waals surface area contributed by atoms with E-state index in [0.29, 0.717) is 52.5 Å². The molecular weight excluding hydrogens is 342 g/mol. The van der Waals surface area contributed by atoms with Gasteiger partial charge in [-0.3, -0.25) is 14.5 Å². The van der Waals surface area contributed by atoms with Crippen molar-refractivity contribution in [3.8, 4) is 0 Å². The van der Waals surface area contributed by atoms with Gasteiger partial charge in [-0.05, 0) is 0 Å². The molecule has 0 aromatic heterocycles. The monoisotopic (exact) mass is 377 g/mol. The Morgan fingerprint density at radius 2 is 0.815 bits per heavy atom. The largest absolute Gasteiger partial charge is 0.295 e. The third-order valence-electron chi connectivity index (χ3n) is 3.18. The topological polar surface area (TPSA) is 37.4 Å². The third-order valence-corrected chi connectivity index (χ3v) is 3.18. The van der Waals surface area contributed by atoms with Crippen LogP contribution in [0.3, 0.4) is 0 Å². The molecule has 0 aromatic rings. The summed E-state index contributed by atoms with van der Waals surface area (Å²) >= 11 is 0. The molecule has 152 valence electrons. The van der Waals surface area contributed by atoms with Gasteiger partial charge in [0.05, 0.1) is 13.2 Å². The van der Waals surface area contributed by atoms with Gasteiger partial charge in [0.25, 0.3) is 0 Å². The number of nitrogens with zero attached hydrogens (tertiary/aromatic N) is 3. The molecule has 0 spiro atoms. The SMILES string of the molecule is C=CCN(CC=C)OCC(CON(CC=C)CC=C)ON(CC=C)CC=C. The number of hydrogen-bond acceptors (Lipinski definition) is 6. The predicted octanol–water partition coefficient (Wildman–Crippen LogP) is 3.17. The lowest BCUT2D eigenvalue weighted by Gasteiger charge is -2.29. The minimum atomic E-state index is -0.334. The molecule has 0 aliphatic rings. The van der Waals surface area contributed by atoms with Crippen molar-refractivity contribution in [1.29, 1.82) is 0 Å². The van der Waals surface area contributed by atoms with Gasteiger partial charge in [0.15, 0.2) is 0 Å². The van der Waals surface area contributed by atoms with Crippen LogP contribution in [0.4, 0.5) is 0 Å². The normalized spacial score (nSPS) is 11.1. The molecule has 0 amide bonds. The quantitative estimate of drug-likeness (QED) is 0.240. The summed E-state index contributed by atoms with van der Waals surface area (Å²) in [7, 11) is 0. The van der Waals surface area contributed by atoms with Gasteiger partial charge in [-0.15, -0.1) is 39.5 Å². The second kappa shape index (κ2) is 17.6. The summed E-state index contributed by atoms with van der Waals surface area (Å²) in [6.45, 7) is 26.6. The van der Waals surface area contributed by atoms with Crippen LogP contribution in [-0.2, 0) is 14.5 Å². The Morgan fingerprint density at radius 1 is 0.519 bits per heavy atom. The average Bonchev–Trinajstić information content (AvgIpc) is 2.64. The minimum Gasteiger partial charge on any atom is -0.295 e. The van der Waals surface area contributed by atoms with Crippen molar-refractivity contribution in [1.82, 2.24) is 15.2 Å². The van der Waals surface area contributed by atoms with Gasteiger partial charge in [-0.25, -0.2) is 0 Å². The van der Waals surface area contributed by atoms with E-state index in [4.69, 9.17) is 14.5 Å². The molecule has 0 bridgehead atoms. The van der Waals surface area contributed by atoms with Gasteiger partial charge in [-0.1, -0.05) is 36.5 Å². The van der Waals surface area contributed by atoms with Crippen LogP contribution in [-0.4, -0.2) is 73.8 Å². The van der Waals surface area contributed by atoms with Crippen molar-refractivity contribution in [2.75, 3.05) is 52.5 Å². The zero-order valence-electron chi connectivity index (χ0n) is 16.5. The smallest absolute Gasteiger partial charge is 0.130 e. The maximum absolute atomic E-state index is 6.03. The third kappa shape index (κ3) is 13.1. The van der Waals surface area contributed by atoms with E-state index in [9.17, 15) is 0 Å². The Hall–Kier alpha value is -1.80. The van der Waals surface area contributed by atoms with E-state index in [1.54, 1.807) is 51.6 Å². The van der Waals surface area contributed by atoms with Crippen molar-refractivity contribution in [3.05, 3.63) is 75.9 Å². The van der Waals surface area contributed by atoms with E-state index in [-0.39, 0.29) is 6.10 Å². The van der Waals surface area contributed by atoms with Gasteiger partial charge in [0.1, 0.15) is 6.10 Å². The second-order valence-corrected chi connectivity index (χ2v) is 5.59. The Morgan fingerprint density at radius 3 is 1.11 bits per heavy atom. The molecule has 0 aliphatic carbocycles. The van der Waals surface area contributed by atoms with E-state index >= 15 is 0 Å². The molecule has 6 heteroatoms. The highest BCUT2D eigenvalue weighted by molar-refractivity contribution is 4.78. The lowest BCUT2D eigenvalue weighted by atomic mass is 10.4. The first-order valence-corrected chi connectivity index (χ1v) is 8.97. The molecule has 0 N–H and O–H groups in total. The Bertz CT molecular complexity index is 396. The first-order chi connectivity index (χ1) is 13.1. The van der Waals surface area contributed by atoms with Gasteiger partial charge in [0.2, 0.25) is 0 Å². The fraction of sp³-hybridized carbons (Fsp3) is 0.429. The van der Waals surface area contributed by atoms with E-state index in [0.717, 1.165) is 0 Å². The molecule has 6 nitrogen and oxygen atoms in total. The Labute approximate surface area is 164 Å². The lowest BCUT2D eigenvalue weighted by molar-refractivity contribution is -0.266. The zero-order chi connectivity index (χ0) is 20.3. The lowest BCUT2D eigenvalue weighted by Crippen LogP contribution is -2.40. The summed E-state index contributed by atoms with van der Waals surface area (Å²) in [5, 5.41) is 5.27. The van der Waals surface area contributed by atoms with Gasteiger partial charge in [-0.2, -0.15) is 15.2 Å². The fourth-order valence-corrected chi connectivity index (χ4v) is 2.08. The number of rotatable bonds is 20. The van der Waals surface area contributed by atoms with Crippen LogP contribution in [0, 0.1) is 0 Å². The number of hydroxylamine groups is 6. The van der Waals surface area contributed by atoms with Crippen molar-refractivity contribution >= 4 is 0 Å². The summed E-state index contributed by atoms with van der Waals surface area (Å²) in [5.41, 5.74) is 0. The zero-order valence-corrected chi connectivity index (χ0v) is 16.5. The van der Waals surface area contributed by atoms with Crippen LogP contribution in [0.15, 0.2) is 75.9 Å². The Kier molecular flexibility index (Phi) is 16.4. The molecule has 0 saturated carbocycles. The first kappa shape index (κ1) is 25.2. The van der Waals surface area contributed by atoms with Crippen molar-refractivity contribution in [2.24, 2.45) is 0 Å². The van der Waals surface area contributed by atoms with E-state index in [2.05, 4.69) is 39.5 Å². The fourth-order valence-electron chi connectivity index (χ4n) is 2.08. The second-order valence-electron chi connectivity index (χ2n) is 5.59. The molecular formula is C21H35N3O3.